The van der Waals surface area contributed by atoms with E-state index in [2.05, 4.69) is 0 Å². The van der Waals surface area contributed by atoms with Gasteiger partial charge in [0.15, 0.2) is 0 Å². The number of carbonyl (C=O) groups is 1. The smallest absolute Gasteiger partial charge is 0.288 e. The van der Waals surface area contributed by atoms with Gasteiger partial charge in [-0.2, -0.15) is 0 Å². The Labute approximate surface area is 117 Å². The standard InChI is InChI=1S/C13H17ClN2O3/c1-8(2)9(3)15(4)13(17)10-6-5-7-11(12(10)14)16(18)19/h5-9H,1-4H3. The first-order chi connectivity index (χ1) is 8.77. The first kappa shape index (κ1) is 15.4. The molecule has 0 bridgehead atoms. The fourth-order valence-electron chi connectivity index (χ4n) is 1.65. The highest BCUT2D eigenvalue weighted by Crippen LogP contribution is 2.29. The highest BCUT2D eigenvalue weighted by Gasteiger charge is 2.25. The van der Waals surface area contributed by atoms with Gasteiger partial charge in [0.05, 0.1) is 10.5 Å². The van der Waals surface area contributed by atoms with Crippen molar-refractivity contribution in [2.75, 3.05) is 7.05 Å². The van der Waals surface area contributed by atoms with Crippen LogP contribution in [0.15, 0.2) is 18.2 Å². The van der Waals surface area contributed by atoms with Gasteiger partial charge >= 0.3 is 0 Å². The van der Waals surface area contributed by atoms with E-state index < -0.39 is 4.92 Å². The zero-order valence-corrected chi connectivity index (χ0v) is 12.1. The summed E-state index contributed by atoms with van der Waals surface area (Å²) in [5.41, 5.74) is -0.0935. The molecule has 0 aliphatic heterocycles. The van der Waals surface area contributed by atoms with Crippen LogP contribution in [0.25, 0.3) is 0 Å². The van der Waals surface area contributed by atoms with Crippen molar-refractivity contribution < 1.29 is 9.72 Å². The average molecular weight is 285 g/mol. The molecule has 0 fully saturated rings. The maximum atomic E-state index is 12.3. The molecular formula is C13H17ClN2O3. The van der Waals surface area contributed by atoms with Crippen molar-refractivity contribution in [2.45, 2.75) is 26.8 Å². The minimum atomic E-state index is -0.592. The van der Waals surface area contributed by atoms with Crippen molar-refractivity contribution in [3.05, 3.63) is 38.9 Å². The first-order valence-electron chi connectivity index (χ1n) is 5.97. The summed E-state index contributed by atoms with van der Waals surface area (Å²) in [6.45, 7) is 5.93. The Kier molecular flexibility index (Phi) is 4.89. The van der Waals surface area contributed by atoms with Crippen molar-refractivity contribution >= 4 is 23.2 Å². The fourth-order valence-corrected chi connectivity index (χ4v) is 1.92. The summed E-state index contributed by atoms with van der Waals surface area (Å²) in [4.78, 5) is 24.1. The molecule has 0 aliphatic carbocycles. The van der Waals surface area contributed by atoms with Gasteiger partial charge in [0, 0.05) is 19.2 Å². The van der Waals surface area contributed by atoms with E-state index in [4.69, 9.17) is 11.6 Å². The molecule has 19 heavy (non-hydrogen) atoms. The minimum Gasteiger partial charge on any atom is -0.339 e. The lowest BCUT2D eigenvalue weighted by molar-refractivity contribution is -0.384. The first-order valence-corrected chi connectivity index (χ1v) is 6.35. The fraction of sp³-hybridized carbons (Fsp3) is 0.462. The van der Waals surface area contributed by atoms with Crippen molar-refractivity contribution in [1.29, 1.82) is 0 Å². The maximum Gasteiger partial charge on any atom is 0.288 e. The van der Waals surface area contributed by atoms with Gasteiger partial charge in [0.1, 0.15) is 5.02 Å². The van der Waals surface area contributed by atoms with E-state index in [-0.39, 0.29) is 34.1 Å². The third kappa shape index (κ3) is 3.23. The van der Waals surface area contributed by atoms with Gasteiger partial charge in [-0.25, -0.2) is 0 Å². The van der Waals surface area contributed by atoms with Crippen molar-refractivity contribution in [1.82, 2.24) is 4.90 Å². The lowest BCUT2D eigenvalue weighted by Gasteiger charge is -2.28. The molecule has 0 aliphatic rings. The molecule has 104 valence electrons. The summed E-state index contributed by atoms with van der Waals surface area (Å²) in [6, 6.07) is 4.26. The molecule has 0 radical (unpaired) electrons. The van der Waals surface area contributed by atoms with Crippen molar-refractivity contribution in [2.24, 2.45) is 5.92 Å². The molecule has 1 aromatic carbocycles. The monoisotopic (exact) mass is 284 g/mol. The quantitative estimate of drug-likeness (QED) is 0.629. The van der Waals surface area contributed by atoms with Gasteiger partial charge < -0.3 is 4.90 Å². The van der Waals surface area contributed by atoms with E-state index >= 15 is 0 Å². The zero-order chi connectivity index (χ0) is 14.7. The summed E-state index contributed by atoms with van der Waals surface area (Å²) >= 11 is 5.94. The van der Waals surface area contributed by atoms with Crippen LogP contribution >= 0.6 is 11.6 Å². The minimum absolute atomic E-state index is 0.0165. The second-order valence-electron chi connectivity index (χ2n) is 4.80. The topological polar surface area (TPSA) is 63.5 Å². The van der Waals surface area contributed by atoms with E-state index in [9.17, 15) is 14.9 Å². The highest BCUT2D eigenvalue weighted by atomic mass is 35.5. The summed E-state index contributed by atoms with van der Waals surface area (Å²) in [6.07, 6.45) is 0. The number of benzene rings is 1. The number of nitro groups is 1. The zero-order valence-electron chi connectivity index (χ0n) is 11.4. The Morgan fingerprint density at radius 3 is 2.42 bits per heavy atom. The number of nitro benzene ring substituents is 1. The van der Waals surface area contributed by atoms with Crippen LogP contribution in [-0.4, -0.2) is 28.8 Å². The Balaban J connectivity index is 3.14. The number of rotatable bonds is 4. The Morgan fingerprint density at radius 1 is 1.37 bits per heavy atom. The van der Waals surface area contributed by atoms with Crippen LogP contribution in [0, 0.1) is 16.0 Å². The molecule has 1 amide bonds. The molecule has 1 aromatic rings. The van der Waals surface area contributed by atoms with Gasteiger partial charge in [-0.05, 0) is 18.9 Å². The van der Waals surface area contributed by atoms with Crippen molar-refractivity contribution in [3.8, 4) is 0 Å². The van der Waals surface area contributed by atoms with Crippen LogP contribution in [0.4, 0.5) is 5.69 Å². The summed E-state index contributed by atoms with van der Waals surface area (Å²) in [5.74, 6) is -0.0266. The Morgan fingerprint density at radius 2 is 1.95 bits per heavy atom. The molecule has 0 N–H and O–H groups in total. The number of hydrogen-bond acceptors (Lipinski definition) is 3. The lowest BCUT2D eigenvalue weighted by atomic mass is 10.0. The molecule has 0 heterocycles. The number of carbonyl (C=O) groups excluding carboxylic acids is 1. The van der Waals surface area contributed by atoms with E-state index in [1.807, 2.05) is 20.8 Å². The highest BCUT2D eigenvalue weighted by molar-refractivity contribution is 6.35. The molecule has 1 atom stereocenters. The van der Waals surface area contributed by atoms with Gasteiger partial charge in [-0.3, -0.25) is 14.9 Å². The number of halogens is 1. The second-order valence-corrected chi connectivity index (χ2v) is 5.17. The predicted molar refractivity (Wildman–Crippen MR) is 74.5 cm³/mol. The van der Waals surface area contributed by atoms with Gasteiger partial charge in [0.25, 0.3) is 11.6 Å². The number of hydrogen-bond donors (Lipinski definition) is 0. The molecule has 0 aromatic heterocycles. The molecule has 5 nitrogen and oxygen atoms in total. The molecule has 1 unspecified atom stereocenters. The van der Waals surface area contributed by atoms with Crippen LogP contribution in [0.1, 0.15) is 31.1 Å². The van der Waals surface area contributed by atoms with Crippen LogP contribution in [0.3, 0.4) is 0 Å². The molecule has 0 spiro atoms. The molecule has 6 heteroatoms. The van der Waals surface area contributed by atoms with E-state index in [0.29, 0.717) is 0 Å². The lowest BCUT2D eigenvalue weighted by Crippen LogP contribution is -2.38. The molecule has 1 rings (SSSR count). The third-order valence-corrected chi connectivity index (χ3v) is 3.70. The largest absolute Gasteiger partial charge is 0.339 e. The Hall–Kier alpha value is -1.62. The Bertz CT molecular complexity index is 503. The normalized spacial score (nSPS) is 12.3. The van der Waals surface area contributed by atoms with Gasteiger partial charge in [0.2, 0.25) is 0 Å². The average Bonchev–Trinajstić information content (AvgIpc) is 2.35. The van der Waals surface area contributed by atoms with Crippen LogP contribution in [0.2, 0.25) is 5.02 Å². The molecule has 0 saturated carbocycles. The maximum absolute atomic E-state index is 12.3. The van der Waals surface area contributed by atoms with Gasteiger partial charge in [-0.15, -0.1) is 0 Å². The van der Waals surface area contributed by atoms with E-state index in [0.717, 1.165) is 0 Å². The van der Waals surface area contributed by atoms with E-state index in [1.165, 1.54) is 18.2 Å². The summed E-state index contributed by atoms with van der Waals surface area (Å²) in [5, 5.41) is 10.7. The SMILES string of the molecule is CC(C)C(C)N(C)C(=O)c1cccc([N+](=O)[O-])c1Cl. The predicted octanol–water partition coefficient (Wildman–Crippen LogP) is 3.36. The van der Waals surface area contributed by atoms with Gasteiger partial charge in [-0.1, -0.05) is 31.5 Å². The summed E-state index contributed by atoms with van der Waals surface area (Å²) in [7, 11) is 1.67. The van der Waals surface area contributed by atoms with Crippen LogP contribution < -0.4 is 0 Å². The second kappa shape index (κ2) is 6.02. The third-order valence-electron chi connectivity index (χ3n) is 3.30. The molecular weight excluding hydrogens is 268 g/mol. The number of amides is 1. The van der Waals surface area contributed by atoms with E-state index in [1.54, 1.807) is 11.9 Å². The molecule has 0 saturated heterocycles. The summed E-state index contributed by atoms with van der Waals surface area (Å²) < 4.78 is 0. The van der Waals surface area contributed by atoms with Crippen LogP contribution in [-0.2, 0) is 0 Å². The van der Waals surface area contributed by atoms with Crippen molar-refractivity contribution in [3.63, 3.8) is 0 Å². The van der Waals surface area contributed by atoms with Crippen LogP contribution in [0.5, 0.6) is 0 Å². The number of nitrogens with zero attached hydrogens (tertiary/aromatic N) is 2.